The number of hydrogen-bond acceptors (Lipinski definition) is 3. The highest BCUT2D eigenvalue weighted by Gasteiger charge is 2.48. The lowest BCUT2D eigenvalue weighted by atomic mass is 9.77. The van der Waals surface area contributed by atoms with Crippen molar-refractivity contribution >= 4 is 23.6 Å². The van der Waals surface area contributed by atoms with E-state index in [2.05, 4.69) is 0 Å². The molecule has 1 amide bonds. The summed E-state index contributed by atoms with van der Waals surface area (Å²) >= 11 is 1.52. The molecular weight excluding hydrogens is 286 g/mol. The second-order valence-corrected chi connectivity index (χ2v) is 6.78. The molecule has 112 valence electrons. The number of benzene rings is 1. The molecule has 1 saturated heterocycles. The number of carboxylic acids is 1. The lowest BCUT2D eigenvalue weighted by Crippen LogP contribution is -2.50. The molecule has 1 atom stereocenters. The Morgan fingerprint density at radius 1 is 1.19 bits per heavy atom. The van der Waals surface area contributed by atoms with Crippen molar-refractivity contribution in [3.05, 3.63) is 35.9 Å². The smallest absolute Gasteiger partial charge is 0.327 e. The predicted octanol–water partition coefficient (Wildman–Crippen LogP) is 2.48. The van der Waals surface area contributed by atoms with Gasteiger partial charge >= 0.3 is 5.97 Å². The van der Waals surface area contributed by atoms with Crippen LogP contribution >= 0.6 is 11.8 Å². The summed E-state index contributed by atoms with van der Waals surface area (Å²) in [7, 11) is 0. The topological polar surface area (TPSA) is 57.6 Å². The van der Waals surface area contributed by atoms with Gasteiger partial charge in [-0.1, -0.05) is 43.2 Å². The Morgan fingerprint density at radius 2 is 1.86 bits per heavy atom. The first-order valence-corrected chi connectivity index (χ1v) is 8.48. The number of carbonyl (C=O) groups excluding carboxylic acids is 1. The first-order valence-electron chi connectivity index (χ1n) is 7.32. The van der Waals surface area contributed by atoms with Crippen molar-refractivity contribution < 1.29 is 14.7 Å². The zero-order valence-electron chi connectivity index (χ0n) is 11.8. The van der Waals surface area contributed by atoms with Gasteiger partial charge in [0, 0.05) is 5.75 Å². The SMILES string of the molecule is O=C(O)C1CSCN1C(=O)C1(c2ccccc2)CCCC1. The van der Waals surface area contributed by atoms with E-state index in [1.807, 2.05) is 30.3 Å². The summed E-state index contributed by atoms with van der Waals surface area (Å²) in [6, 6.07) is 9.18. The van der Waals surface area contributed by atoms with Crippen LogP contribution in [-0.4, -0.2) is 39.6 Å². The highest BCUT2D eigenvalue weighted by atomic mass is 32.2. The van der Waals surface area contributed by atoms with E-state index < -0.39 is 17.4 Å². The Kier molecular flexibility index (Phi) is 3.93. The second-order valence-electron chi connectivity index (χ2n) is 5.78. The van der Waals surface area contributed by atoms with Gasteiger partial charge in [-0.3, -0.25) is 4.79 Å². The number of rotatable bonds is 3. The first kappa shape index (κ1) is 14.4. The van der Waals surface area contributed by atoms with E-state index in [1.54, 1.807) is 4.90 Å². The molecule has 1 aromatic rings. The van der Waals surface area contributed by atoms with Gasteiger partial charge < -0.3 is 10.0 Å². The van der Waals surface area contributed by atoms with Crippen LogP contribution in [0.1, 0.15) is 31.2 Å². The molecule has 21 heavy (non-hydrogen) atoms. The molecule has 1 saturated carbocycles. The predicted molar refractivity (Wildman–Crippen MR) is 82.2 cm³/mol. The fourth-order valence-electron chi connectivity index (χ4n) is 3.48. The maximum absolute atomic E-state index is 13.1. The number of nitrogens with zero attached hydrogens (tertiary/aromatic N) is 1. The van der Waals surface area contributed by atoms with Crippen LogP contribution in [0.15, 0.2) is 30.3 Å². The van der Waals surface area contributed by atoms with Gasteiger partial charge in [-0.05, 0) is 18.4 Å². The van der Waals surface area contributed by atoms with E-state index >= 15 is 0 Å². The monoisotopic (exact) mass is 305 g/mol. The molecule has 1 aliphatic heterocycles. The van der Waals surface area contributed by atoms with Gasteiger partial charge in [-0.25, -0.2) is 4.79 Å². The Labute approximate surface area is 128 Å². The lowest BCUT2D eigenvalue weighted by Gasteiger charge is -2.34. The summed E-state index contributed by atoms with van der Waals surface area (Å²) in [5.74, 6) is 0.0919. The van der Waals surface area contributed by atoms with Crippen LogP contribution in [-0.2, 0) is 15.0 Å². The highest BCUT2D eigenvalue weighted by molar-refractivity contribution is 7.99. The quantitative estimate of drug-likeness (QED) is 0.932. The van der Waals surface area contributed by atoms with E-state index in [0.29, 0.717) is 11.6 Å². The minimum absolute atomic E-state index is 0.00333. The molecule has 0 spiro atoms. The third kappa shape index (κ3) is 2.44. The molecule has 1 aliphatic carbocycles. The van der Waals surface area contributed by atoms with Crippen molar-refractivity contribution in [2.45, 2.75) is 37.1 Å². The number of carboxylic acid groups (broad SMARTS) is 1. The molecule has 2 fully saturated rings. The van der Waals surface area contributed by atoms with Crippen molar-refractivity contribution in [2.75, 3.05) is 11.6 Å². The maximum Gasteiger partial charge on any atom is 0.327 e. The van der Waals surface area contributed by atoms with E-state index in [-0.39, 0.29) is 5.91 Å². The number of thioether (sulfide) groups is 1. The maximum atomic E-state index is 13.1. The molecule has 0 bridgehead atoms. The van der Waals surface area contributed by atoms with Crippen molar-refractivity contribution in [2.24, 2.45) is 0 Å². The summed E-state index contributed by atoms with van der Waals surface area (Å²) in [5.41, 5.74) is 0.522. The van der Waals surface area contributed by atoms with Crippen LogP contribution in [0.4, 0.5) is 0 Å². The first-order chi connectivity index (χ1) is 10.1. The fraction of sp³-hybridized carbons (Fsp3) is 0.500. The van der Waals surface area contributed by atoms with Crippen LogP contribution in [0, 0.1) is 0 Å². The summed E-state index contributed by atoms with van der Waals surface area (Å²) < 4.78 is 0. The normalized spacial score (nSPS) is 24.2. The molecule has 5 heteroatoms. The van der Waals surface area contributed by atoms with Crippen molar-refractivity contribution in [3.8, 4) is 0 Å². The Bertz CT molecular complexity index is 540. The fourth-order valence-corrected chi connectivity index (χ4v) is 4.63. The van der Waals surface area contributed by atoms with Gasteiger partial charge in [0.05, 0.1) is 11.3 Å². The largest absolute Gasteiger partial charge is 0.480 e. The zero-order valence-corrected chi connectivity index (χ0v) is 12.6. The van der Waals surface area contributed by atoms with Gasteiger partial charge in [0.2, 0.25) is 5.91 Å². The molecule has 2 aliphatic rings. The molecule has 0 aromatic heterocycles. The number of amides is 1. The molecule has 1 N–H and O–H groups in total. The number of aliphatic carboxylic acids is 1. The Balaban J connectivity index is 1.95. The van der Waals surface area contributed by atoms with Crippen molar-refractivity contribution in [1.82, 2.24) is 4.90 Å². The second kappa shape index (κ2) is 5.72. The summed E-state index contributed by atoms with van der Waals surface area (Å²) in [4.78, 5) is 26.1. The third-order valence-electron chi connectivity index (χ3n) is 4.62. The van der Waals surface area contributed by atoms with Gasteiger partial charge in [-0.15, -0.1) is 11.8 Å². The number of hydrogen-bond donors (Lipinski definition) is 1. The van der Waals surface area contributed by atoms with Crippen LogP contribution in [0.25, 0.3) is 0 Å². The van der Waals surface area contributed by atoms with Crippen LogP contribution in [0.3, 0.4) is 0 Å². The minimum atomic E-state index is -0.894. The molecule has 4 nitrogen and oxygen atoms in total. The molecule has 1 heterocycles. The average molecular weight is 305 g/mol. The summed E-state index contributed by atoms with van der Waals surface area (Å²) in [6.07, 6.45) is 3.70. The molecule has 1 unspecified atom stereocenters. The van der Waals surface area contributed by atoms with E-state index in [1.165, 1.54) is 11.8 Å². The van der Waals surface area contributed by atoms with Crippen LogP contribution < -0.4 is 0 Å². The minimum Gasteiger partial charge on any atom is -0.480 e. The summed E-state index contributed by atoms with van der Waals surface area (Å²) in [5, 5.41) is 9.32. The lowest BCUT2D eigenvalue weighted by molar-refractivity contribution is -0.150. The van der Waals surface area contributed by atoms with E-state index in [0.717, 1.165) is 31.2 Å². The van der Waals surface area contributed by atoms with E-state index in [4.69, 9.17) is 0 Å². The molecule has 0 radical (unpaired) electrons. The van der Waals surface area contributed by atoms with Crippen LogP contribution in [0.2, 0.25) is 0 Å². The molecule has 3 rings (SSSR count). The van der Waals surface area contributed by atoms with Crippen LogP contribution in [0.5, 0.6) is 0 Å². The average Bonchev–Trinajstić information content (AvgIpc) is 3.17. The standard InChI is InChI=1S/C16H19NO3S/c18-14(19)13-10-21-11-17(13)15(20)16(8-4-5-9-16)12-6-2-1-3-7-12/h1-3,6-7,13H,4-5,8-11H2,(H,18,19). The van der Waals surface area contributed by atoms with E-state index in [9.17, 15) is 14.7 Å². The van der Waals surface area contributed by atoms with Gasteiger partial charge in [0.25, 0.3) is 0 Å². The highest BCUT2D eigenvalue weighted by Crippen LogP contribution is 2.44. The van der Waals surface area contributed by atoms with Crippen molar-refractivity contribution in [3.63, 3.8) is 0 Å². The Morgan fingerprint density at radius 3 is 2.48 bits per heavy atom. The Hall–Kier alpha value is -1.49. The van der Waals surface area contributed by atoms with Gasteiger partial charge in [0.15, 0.2) is 0 Å². The molecular formula is C16H19NO3S. The third-order valence-corrected chi connectivity index (χ3v) is 5.63. The summed E-state index contributed by atoms with van der Waals surface area (Å²) in [6.45, 7) is 0. The van der Waals surface area contributed by atoms with Crippen molar-refractivity contribution in [1.29, 1.82) is 0 Å². The molecule has 1 aromatic carbocycles. The van der Waals surface area contributed by atoms with Gasteiger partial charge in [-0.2, -0.15) is 0 Å². The van der Waals surface area contributed by atoms with Gasteiger partial charge in [0.1, 0.15) is 6.04 Å². The zero-order chi connectivity index (χ0) is 14.9. The number of carbonyl (C=O) groups is 2.